The molecule has 2 heterocycles. The van der Waals surface area contributed by atoms with Crippen LogP contribution in [0.4, 0.5) is 0 Å². The van der Waals surface area contributed by atoms with Crippen LogP contribution in [-0.4, -0.2) is 48.3 Å². The van der Waals surface area contributed by atoms with Crippen molar-refractivity contribution in [1.82, 2.24) is 13.9 Å². The highest BCUT2D eigenvalue weighted by molar-refractivity contribution is 7.90. The molecule has 2 aromatic heterocycles. The average Bonchev–Trinajstić information content (AvgIpc) is 3.20. The molecule has 1 aliphatic rings. The molecule has 4 rings (SSSR count). The van der Waals surface area contributed by atoms with Gasteiger partial charge in [-0.3, -0.25) is 4.79 Å². The molecule has 0 bridgehead atoms. The van der Waals surface area contributed by atoms with Crippen molar-refractivity contribution in [3.05, 3.63) is 66.6 Å². The molecule has 3 aromatic rings. The quantitative estimate of drug-likeness (QED) is 0.393. The predicted molar refractivity (Wildman–Crippen MR) is 123 cm³/mol. The highest BCUT2D eigenvalue weighted by atomic mass is 32.2. The third-order valence-corrected chi connectivity index (χ3v) is 7.22. The second-order valence-electron chi connectivity index (χ2n) is 8.19. The molecule has 0 saturated heterocycles. The molecule has 168 valence electrons. The number of carbonyl (C=O) groups is 1. The smallest absolute Gasteiger partial charge is 0.269 e. The maximum atomic E-state index is 13.4. The van der Waals surface area contributed by atoms with Crippen molar-refractivity contribution in [1.29, 1.82) is 0 Å². The Balaban J connectivity index is 1.88. The molecule has 1 aromatic carbocycles. The van der Waals surface area contributed by atoms with E-state index in [1.54, 1.807) is 35.4 Å². The average molecular weight is 454 g/mol. The minimum absolute atomic E-state index is 0.0451. The number of pyridine rings is 1. The van der Waals surface area contributed by atoms with Crippen LogP contribution in [0.25, 0.3) is 11.0 Å². The molecule has 7 nitrogen and oxygen atoms in total. The molecular formula is C24H27N3O4S. The SMILES string of the molecule is CN(C)C=CC(=O)c1cn(S(=O)(=O)c2ccccc2)c2nccc(OC3CCCCC3)c12. The van der Waals surface area contributed by atoms with E-state index in [1.807, 2.05) is 14.1 Å². The Kier molecular flexibility index (Phi) is 6.32. The van der Waals surface area contributed by atoms with Crippen LogP contribution < -0.4 is 4.74 Å². The van der Waals surface area contributed by atoms with E-state index in [9.17, 15) is 13.2 Å². The Bertz CT molecular complexity index is 1240. The zero-order valence-electron chi connectivity index (χ0n) is 18.3. The molecule has 8 heteroatoms. The number of hydrogen-bond acceptors (Lipinski definition) is 6. The van der Waals surface area contributed by atoms with Crippen molar-refractivity contribution in [3.63, 3.8) is 0 Å². The van der Waals surface area contributed by atoms with Gasteiger partial charge in [-0.25, -0.2) is 17.4 Å². The summed E-state index contributed by atoms with van der Waals surface area (Å²) in [5.41, 5.74) is 0.431. The maximum absolute atomic E-state index is 13.4. The summed E-state index contributed by atoms with van der Waals surface area (Å²) in [5.74, 6) is 0.178. The molecule has 1 fully saturated rings. The van der Waals surface area contributed by atoms with Gasteiger partial charge in [0, 0.05) is 38.8 Å². The molecule has 1 aliphatic carbocycles. The topological polar surface area (TPSA) is 81.5 Å². The Labute approximate surface area is 188 Å². The first-order valence-electron chi connectivity index (χ1n) is 10.7. The summed E-state index contributed by atoms with van der Waals surface area (Å²) in [5, 5.41) is 0.422. The molecule has 0 unspecified atom stereocenters. The standard InChI is InChI=1S/C24H27N3O4S/c1-26(2)16-14-21(28)20-17-27(32(29,30)19-11-7-4-8-12-19)24-23(20)22(13-15-25-24)31-18-9-5-3-6-10-18/h4,7-8,11-18H,3,5-6,9-10H2,1-2H3. The second kappa shape index (κ2) is 9.16. The lowest BCUT2D eigenvalue weighted by Crippen LogP contribution is -2.20. The first-order chi connectivity index (χ1) is 15.4. The fraction of sp³-hybridized carbons (Fsp3) is 0.333. The molecule has 0 N–H and O–H groups in total. The van der Waals surface area contributed by atoms with Gasteiger partial charge >= 0.3 is 0 Å². The van der Waals surface area contributed by atoms with Crippen LogP contribution in [-0.2, 0) is 10.0 Å². The maximum Gasteiger partial charge on any atom is 0.269 e. The molecule has 0 amide bonds. The Morgan fingerprint density at radius 2 is 1.84 bits per heavy atom. The molecule has 1 saturated carbocycles. The zero-order chi connectivity index (χ0) is 22.7. The number of fused-ring (bicyclic) bond motifs is 1. The van der Waals surface area contributed by atoms with E-state index in [0.29, 0.717) is 11.1 Å². The Morgan fingerprint density at radius 3 is 2.53 bits per heavy atom. The third kappa shape index (κ3) is 4.41. The summed E-state index contributed by atoms with van der Waals surface area (Å²) in [6, 6.07) is 9.84. The lowest BCUT2D eigenvalue weighted by Gasteiger charge is -2.23. The van der Waals surface area contributed by atoms with Gasteiger partial charge in [-0.05, 0) is 43.9 Å². The van der Waals surface area contributed by atoms with Crippen molar-refractivity contribution >= 4 is 26.8 Å². The van der Waals surface area contributed by atoms with Gasteiger partial charge in [-0.15, -0.1) is 0 Å². The highest BCUT2D eigenvalue weighted by Gasteiger charge is 2.27. The van der Waals surface area contributed by atoms with Gasteiger partial charge in [0.1, 0.15) is 5.75 Å². The first-order valence-corrected chi connectivity index (χ1v) is 12.2. The second-order valence-corrected chi connectivity index (χ2v) is 10.0. The van der Waals surface area contributed by atoms with Gasteiger partial charge < -0.3 is 9.64 Å². The van der Waals surface area contributed by atoms with Crippen LogP contribution in [0.1, 0.15) is 42.5 Å². The molecule has 0 aliphatic heterocycles. The summed E-state index contributed by atoms with van der Waals surface area (Å²) in [4.78, 5) is 19.3. The fourth-order valence-corrected chi connectivity index (χ4v) is 5.28. The van der Waals surface area contributed by atoms with Crippen LogP contribution in [0, 0.1) is 0 Å². The van der Waals surface area contributed by atoms with Crippen molar-refractivity contribution in [2.45, 2.75) is 43.1 Å². The summed E-state index contributed by atoms with van der Waals surface area (Å²) in [7, 11) is -0.324. The van der Waals surface area contributed by atoms with Crippen LogP contribution in [0.5, 0.6) is 5.75 Å². The van der Waals surface area contributed by atoms with E-state index in [1.165, 1.54) is 37.0 Å². The van der Waals surface area contributed by atoms with E-state index in [-0.39, 0.29) is 28.0 Å². The number of benzene rings is 1. The number of allylic oxidation sites excluding steroid dienone is 1. The van der Waals surface area contributed by atoms with E-state index in [4.69, 9.17) is 4.74 Å². The van der Waals surface area contributed by atoms with Crippen LogP contribution in [0.2, 0.25) is 0 Å². The van der Waals surface area contributed by atoms with Crippen molar-refractivity contribution in [2.75, 3.05) is 14.1 Å². The van der Waals surface area contributed by atoms with Gasteiger partial charge in [-0.2, -0.15) is 0 Å². The molecule has 0 atom stereocenters. The monoisotopic (exact) mass is 453 g/mol. The number of carbonyl (C=O) groups excluding carboxylic acids is 1. The third-order valence-electron chi connectivity index (χ3n) is 5.55. The van der Waals surface area contributed by atoms with E-state index in [2.05, 4.69) is 4.98 Å². The van der Waals surface area contributed by atoms with Crippen LogP contribution in [0.15, 0.2) is 66.0 Å². The van der Waals surface area contributed by atoms with Gasteiger partial charge in [0.05, 0.1) is 21.9 Å². The van der Waals surface area contributed by atoms with Crippen molar-refractivity contribution in [2.24, 2.45) is 0 Å². The summed E-state index contributed by atoms with van der Waals surface area (Å²) in [6.45, 7) is 0. The van der Waals surface area contributed by atoms with Crippen LogP contribution in [0.3, 0.4) is 0 Å². The lowest BCUT2D eigenvalue weighted by atomic mass is 9.98. The number of ether oxygens (including phenoxy) is 1. The van der Waals surface area contributed by atoms with Gasteiger partial charge in [0.25, 0.3) is 10.0 Å². The minimum Gasteiger partial charge on any atom is -0.490 e. The number of ketones is 1. The molecule has 0 spiro atoms. The van der Waals surface area contributed by atoms with E-state index < -0.39 is 10.0 Å². The number of hydrogen-bond donors (Lipinski definition) is 0. The minimum atomic E-state index is -3.95. The van der Waals surface area contributed by atoms with Gasteiger partial charge in [-0.1, -0.05) is 24.6 Å². The van der Waals surface area contributed by atoms with Crippen molar-refractivity contribution in [3.8, 4) is 5.75 Å². The largest absolute Gasteiger partial charge is 0.490 e. The summed E-state index contributed by atoms with van der Waals surface area (Å²) >= 11 is 0. The van der Waals surface area contributed by atoms with Gasteiger partial charge in [0.2, 0.25) is 0 Å². The fourth-order valence-electron chi connectivity index (χ4n) is 3.94. The molecule has 0 radical (unpaired) electrons. The first kappa shape index (κ1) is 22.1. The van der Waals surface area contributed by atoms with Gasteiger partial charge in [0.15, 0.2) is 11.4 Å². The van der Waals surface area contributed by atoms with Crippen molar-refractivity contribution < 1.29 is 17.9 Å². The Morgan fingerprint density at radius 1 is 1.12 bits per heavy atom. The van der Waals surface area contributed by atoms with E-state index in [0.717, 1.165) is 29.7 Å². The molecule has 32 heavy (non-hydrogen) atoms. The zero-order valence-corrected chi connectivity index (χ0v) is 19.1. The highest BCUT2D eigenvalue weighted by Crippen LogP contribution is 2.34. The lowest BCUT2D eigenvalue weighted by molar-refractivity contribution is 0.104. The number of nitrogens with zero attached hydrogens (tertiary/aromatic N) is 3. The number of aromatic nitrogens is 2. The summed E-state index contributed by atoms with van der Waals surface area (Å²) < 4.78 is 34.2. The normalized spacial score (nSPS) is 15.3. The predicted octanol–water partition coefficient (Wildman–Crippen LogP) is 4.24. The number of rotatable bonds is 7. The van der Waals surface area contributed by atoms with Crippen LogP contribution >= 0.6 is 0 Å². The molecular weight excluding hydrogens is 426 g/mol. The Hall–Kier alpha value is -3.13. The van der Waals surface area contributed by atoms with E-state index >= 15 is 0 Å². The summed E-state index contributed by atoms with van der Waals surface area (Å²) in [6.07, 6.45) is 11.3.